The van der Waals surface area contributed by atoms with E-state index >= 15 is 0 Å². The Bertz CT molecular complexity index is 458. The normalized spacial score (nSPS) is 27.4. The lowest BCUT2D eigenvalue weighted by Gasteiger charge is -2.36. The Hall–Kier alpha value is -1.00. The van der Waals surface area contributed by atoms with Crippen LogP contribution >= 0.6 is 0 Å². The molecule has 116 valence electrons. The summed E-state index contributed by atoms with van der Waals surface area (Å²) in [6, 6.07) is 7.54. The summed E-state index contributed by atoms with van der Waals surface area (Å²) in [6.07, 6.45) is 2.72. The fraction of sp³-hybridized carbons (Fsp3) is 0.647. The highest BCUT2D eigenvalue weighted by Gasteiger charge is 2.28. The third-order valence-corrected chi connectivity index (χ3v) is 4.82. The third-order valence-electron chi connectivity index (χ3n) is 4.82. The first kappa shape index (κ1) is 14.9. The smallest absolute Gasteiger partial charge is 0.263 e. The van der Waals surface area contributed by atoms with E-state index < -0.39 is 6.43 Å². The maximum absolute atomic E-state index is 12.8. The van der Waals surface area contributed by atoms with Crippen LogP contribution in [0.25, 0.3) is 0 Å². The number of benzene rings is 1. The van der Waals surface area contributed by atoms with Crippen molar-refractivity contribution < 1.29 is 8.78 Å². The molecule has 2 unspecified atom stereocenters. The van der Waals surface area contributed by atoms with Crippen molar-refractivity contribution in [3.05, 3.63) is 35.4 Å². The Kier molecular flexibility index (Phi) is 4.86. The van der Waals surface area contributed by atoms with Gasteiger partial charge in [-0.15, -0.1) is 0 Å². The van der Waals surface area contributed by atoms with E-state index in [0.29, 0.717) is 6.04 Å². The number of likely N-dealkylation sites (tertiary alicyclic amines) is 1. The molecule has 0 bridgehead atoms. The third kappa shape index (κ3) is 3.80. The van der Waals surface area contributed by atoms with Gasteiger partial charge < -0.3 is 5.32 Å². The fourth-order valence-corrected chi connectivity index (χ4v) is 3.76. The molecule has 0 amide bonds. The molecule has 21 heavy (non-hydrogen) atoms. The standard InChI is InChI=1S/C17H24F2N2/c18-17(19)14-5-1-4-13(10-14)11-21-9-3-6-15(12-21)16-7-2-8-20-16/h1,4-5,10,15-17,20H,2-3,6-9,11-12H2. The van der Waals surface area contributed by atoms with E-state index in [1.807, 2.05) is 6.07 Å². The summed E-state index contributed by atoms with van der Waals surface area (Å²) < 4.78 is 25.5. The average Bonchev–Trinajstić information content (AvgIpc) is 3.02. The number of nitrogens with zero attached hydrogens (tertiary/aromatic N) is 1. The second-order valence-electron chi connectivity index (χ2n) is 6.39. The predicted octanol–water partition coefficient (Wildman–Crippen LogP) is 3.59. The number of hydrogen-bond donors (Lipinski definition) is 1. The molecule has 2 atom stereocenters. The van der Waals surface area contributed by atoms with Crippen molar-refractivity contribution in [1.29, 1.82) is 0 Å². The summed E-state index contributed by atoms with van der Waals surface area (Å²) in [7, 11) is 0. The number of hydrogen-bond acceptors (Lipinski definition) is 2. The van der Waals surface area contributed by atoms with Gasteiger partial charge in [0.15, 0.2) is 0 Å². The van der Waals surface area contributed by atoms with E-state index in [1.54, 1.807) is 12.1 Å². The summed E-state index contributed by atoms with van der Waals surface area (Å²) in [5.41, 5.74) is 1.14. The van der Waals surface area contributed by atoms with Crippen LogP contribution in [-0.4, -0.2) is 30.6 Å². The van der Waals surface area contributed by atoms with Crippen LogP contribution in [0.2, 0.25) is 0 Å². The zero-order valence-corrected chi connectivity index (χ0v) is 12.4. The van der Waals surface area contributed by atoms with Gasteiger partial charge in [0.05, 0.1) is 0 Å². The molecule has 0 spiro atoms. The molecule has 2 aliphatic heterocycles. The topological polar surface area (TPSA) is 15.3 Å². The van der Waals surface area contributed by atoms with Gasteiger partial charge in [0.25, 0.3) is 6.43 Å². The number of rotatable bonds is 4. The lowest BCUT2D eigenvalue weighted by molar-refractivity contribution is 0.143. The molecule has 1 aromatic carbocycles. The molecule has 4 heteroatoms. The molecule has 2 heterocycles. The maximum atomic E-state index is 12.8. The van der Waals surface area contributed by atoms with Crippen molar-refractivity contribution in [3.8, 4) is 0 Å². The van der Waals surface area contributed by atoms with Gasteiger partial charge in [-0.25, -0.2) is 8.78 Å². The van der Waals surface area contributed by atoms with E-state index in [1.165, 1.54) is 31.7 Å². The quantitative estimate of drug-likeness (QED) is 0.913. The summed E-state index contributed by atoms with van der Waals surface area (Å²) >= 11 is 0. The Balaban J connectivity index is 1.60. The Morgan fingerprint density at radius 2 is 2.14 bits per heavy atom. The van der Waals surface area contributed by atoms with Gasteiger partial charge >= 0.3 is 0 Å². The van der Waals surface area contributed by atoms with E-state index in [0.717, 1.165) is 37.7 Å². The van der Waals surface area contributed by atoms with Crippen LogP contribution in [0, 0.1) is 5.92 Å². The number of nitrogens with one attached hydrogen (secondary N) is 1. The van der Waals surface area contributed by atoms with E-state index in [2.05, 4.69) is 10.2 Å². The number of piperidine rings is 1. The van der Waals surface area contributed by atoms with Crippen molar-refractivity contribution in [1.82, 2.24) is 10.2 Å². The van der Waals surface area contributed by atoms with Crippen molar-refractivity contribution in [2.45, 2.75) is 44.7 Å². The Morgan fingerprint density at radius 1 is 1.24 bits per heavy atom. The van der Waals surface area contributed by atoms with Crippen molar-refractivity contribution in [2.75, 3.05) is 19.6 Å². The lowest BCUT2D eigenvalue weighted by atomic mass is 9.89. The first-order valence-corrected chi connectivity index (χ1v) is 8.05. The van der Waals surface area contributed by atoms with Gasteiger partial charge in [-0.05, 0) is 56.3 Å². The molecule has 0 radical (unpaired) electrons. The second kappa shape index (κ2) is 6.84. The molecule has 2 aliphatic rings. The average molecular weight is 294 g/mol. The highest BCUT2D eigenvalue weighted by atomic mass is 19.3. The molecule has 3 rings (SSSR count). The van der Waals surface area contributed by atoms with Gasteiger partial charge in [0, 0.05) is 24.7 Å². The predicted molar refractivity (Wildman–Crippen MR) is 80.4 cm³/mol. The van der Waals surface area contributed by atoms with Crippen LogP contribution in [0.15, 0.2) is 24.3 Å². The molecule has 0 aliphatic carbocycles. The molecule has 1 aromatic rings. The maximum Gasteiger partial charge on any atom is 0.263 e. The first-order valence-electron chi connectivity index (χ1n) is 8.05. The van der Waals surface area contributed by atoms with E-state index in [-0.39, 0.29) is 5.56 Å². The molecule has 2 nitrogen and oxygen atoms in total. The molecular formula is C17H24F2N2. The lowest BCUT2D eigenvalue weighted by Crippen LogP contribution is -2.43. The van der Waals surface area contributed by atoms with Gasteiger partial charge in [-0.3, -0.25) is 4.90 Å². The van der Waals surface area contributed by atoms with Crippen LogP contribution < -0.4 is 5.32 Å². The largest absolute Gasteiger partial charge is 0.314 e. The summed E-state index contributed by atoms with van der Waals surface area (Å²) in [6.45, 7) is 4.13. The number of halogens is 2. The van der Waals surface area contributed by atoms with Crippen molar-refractivity contribution >= 4 is 0 Å². The van der Waals surface area contributed by atoms with Crippen molar-refractivity contribution in [3.63, 3.8) is 0 Å². The van der Waals surface area contributed by atoms with Gasteiger partial charge in [0.2, 0.25) is 0 Å². The summed E-state index contributed by atoms with van der Waals surface area (Å²) in [4.78, 5) is 2.43. The zero-order valence-electron chi connectivity index (χ0n) is 12.4. The second-order valence-corrected chi connectivity index (χ2v) is 6.39. The molecule has 2 fully saturated rings. The minimum atomic E-state index is -2.37. The summed E-state index contributed by atoms with van der Waals surface area (Å²) in [5.74, 6) is 0.722. The monoisotopic (exact) mass is 294 g/mol. The summed E-state index contributed by atoms with van der Waals surface area (Å²) in [5, 5.41) is 3.61. The SMILES string of the molecule is FC(F)c1cccc(CN2CCCC(C3CCCN3)C2)c1. The van der Waals surface area contributed by atoms with Crippen molar-refractivity contribution in [2.24, 2.45) is 5.92 Å². The van der Waals surface area contributed by atoms with Gasteiger partial charge in [0.1, 0.15) is 0 Å². The van der Waals surface area contributed by atoms with Crippen LogP contribution in [0.3, 0.4) is 0 Å². The minimum absolute atomic E-state index is 0.138. The van der Waals surface area contributed by atoms with Crippen LogP contribution in [0.1, 0.15) is 43.2 Å². The molecule has 0 saturated carbocycles. The molecule has 2 saturated heterocycles. The molecule has 1 N–H and O–H groups in total. The van der Waals surface area contributed by atoms with Crippen LogP contribution in [-0.2, 0) is 6.54 Å². The molecular weight excluding hydrogens is 270 g/mol. The minimum Gasteiger partial charge on any atom is -0.314 e. The van der Waals surface area contributed by atoms with E-state index in [9.17, 15) is 8.78 Å². The highest BCUT2D eigenvalue weighted by molar-refractivity contribution is 5.24. The fourth-order valence-electron chi connectivity index (χ4n) is 3.76. The molecule has 0 aromatic heterocycles. The zero-order chi connectivity index (χ0) is 14.7. The number of alkyl halides is 2. The van der Waals surface area contributed by atoms with Crippen LogP contribution in [0.4, 0.5) is 8.78 Å². The Morgan fingerprint density at radius 3 is 2.90 bits per heavy atom. The Labute approximate surface area is 125 Å². The van der Waals surface area contributed by atoms with Crippen LogP contribution in [0.5, 0.6) is 0 Å². The highest BCUT2D eigenvalue weighted by Crippen LogP contribution is 2.26. The van der Waals surface area contributed by atoms with Gasteiger partial charge in [-0.2, -0.15) is 0 Å². The van der Waals surface area contributed by atoms with E-state index in [4.69, 9.17) is 0 Å². The first-order chi connectivity index (χ1) is 10.2. The van der Waals surface area contributed by atoms with Gasteiger partial charge in [-0.1, -0.05) is 18.2 Å².